The average molecular weight is 237 g/mol. The molecule has 2 aromatic heterocycles. The summed E-state index contributed by atoms with van der Waals surface area (Å²) in [6.45, 7) is 0.798. The maximum Gasteiger partial charge on any atom is 0.259 e. The third-order valence-corrected chi connectivity index (χ3v) is 4.09. The number of rotatable bonds is 0. The Labute approximate surface area is 94.4 Å². The molecule has 0 fully saturated rings. The molecule has 0 bridgehead atoms. The molecule has 76 valence electrons. The van der Waals surface area contributed by atoms with Gasteiger partial charge in [-0.2, -0.15) is 0 Å². The molecular formula is C9H7N3OS2. The normalized spacial score (nSPS) is 15.1. The number of hydrogen-bond acceptors (Lipinski definition) is 4. The molecule has 0 saturated carbocycles. The van der Waals surface area contributed by atoms with E-state index in [9.17, 15) is 4.79 Å². The molecule has 6 heteroatoms. The van der Waals surface area contributed by atoms with Crippen LogP contribution in [0.2, 0.25) is 0 Å². The van der Waals surface area contributed by atoms with Gasteiger partial charge in [0.15, 0.2) is 0 Å². The van der Waals surface area contributed by atoms with Crippen molar-refractivity contribution in [2.75, 3.05) is 6.54 Å². The molecule has 15 heavy (non-hydrogen) atoms. The molecule has 0 amide bonds. The SMILES string of the molecule is O=c1[nH]cnc2sc3c(c12)CCNC3=S. The summed E-state index contributed by atoms with van der Waals surface area (Å²) < 4.78 is 0. The summed E-state index contributed by atoms with van der Waals surface area (Å²) in [4.78, 5) is 20.9. The Bertz CT molecular complexity index is 613. The Morgan fingerprint density at radius 3 is 3.27 bits per heavy atom. The number of aromatic amines is 1. The number of aromatic nitrogens is 2. The Morgan fingerprint density at radius 2 is 2.40 bits per heavy atom. The maximum atomic E-state index is 11.7. The molecule has 1 aliphatic rings. The Balaban J connectivity index is 2.47. The van der Waals surface area contributed by atoms with E-state index in [4.69, 9.17) is 12.2 Å². The fourth-order valence-electron chi connectivity index (χ4n) is 1.80. The summed E-state index contributed by atoms with van der Waals surface area (Å²) >= 11 is 6.69. The predicted molar refractivity (Wildman–Crippen MR) is 63.6 cm³/mol. The lowest BCUT2D eigenvalue weighted by atomic mass is 10.1. The molecule has 0 spiro atoms. The van der Waals surface area contributed by atoms with E-state index in [1.807, 2.05) is 0 Å². The Morgan fingerprint density at radius 1 is 1.53 bits per heavy atom. The van der Waals surface area contributed by atoms with Gasteiger partial charge in [-0.1, -0.05) is 12.2 Å². The maximum absolute atomic E-state index is 11.7. The van der Waals surface area contributed by atoms with Gasteiger partial charge < -0.3 is 10.3 Å². The van der Waals surface area contributed by atoms with E-state index in [2.05, 4.69) is 15.3 Å². The number of hydrogen-bond donors (Lipinski definition) is 2. The molecule has 4 nitrogen and oxygen atoms in total. The molecule has 0 aliphatic carbocycles. The monoisotopic (exact) mass is 237 g/mol. The fraction of sp³-hybridized carbons (Fsp3) is 0.222. The first-order chi connectivity index (χ1) is 7.27. The van der Waals surface area contributed by atoms with Crippen molar-refractivity contribution in [3.05, 3.63) is 27.1 Å². The van der Waals surface area contributed by atoms with Crippen molar-refractivity contribution in [3.63, 3.8) is 0 Å². The van der Waals surface area contributed by atoms with Crippen LogP contribution in [0.4, 0.5) is 0 Å². The molecule has 3 heterocycles. The first kappa shape index (κ1) is 8.99. The first-order valence-electron chi connectivity index (χ1n) is 4.54. The molecule has 0 aromatic carbocycles. The van der Waals surface area contributed by atoms with E-state index >= 15 is 0 Å². The number of H-pyrrole nitrogens is 1. The number of nitrogens with zero attached hydrogens (tertiary/aromatic N) is 1. The summed E-state index contributed by atoms with van der Waals surface area (Å²) in [5.41, 5.74) is 0.982. The number of thiocarbonyl (C=S) groups is 1. The standard InChI is InChI=1S/C9H7N3OS2/c13-7-5-4-1-2-10-8(14)6(4)15-9(5)12-3-11-7/h3H,1-2H2,(H,10,14)(H,11,12,13). The minimum absolute atomic E-state index is 0.0674. The lowest BCUT2D eigenvalue weighted by Crippen LogP contribution is -2.30. The van der Waals surface area contributed by atoms with Gasteiger partial charge in [-0.3, -0.25) is 4.79 Å². The number of thiophene rings is 1. The molecule has 2 N–H and O–H groups in total. The largest absolute Gasteiger partial charge is 0.375 e. The zero-order chi connectivity index (χ0) is 10.4. The molecule has 0 saturated heterocycles. The molecule has 0 radical (unpaired) electrons. The van der Waals surface area contributed by atoms with Gasteiger partial charge in [0.05, 0.1) is 16.6 Å². The van der Waals surface area contributed by atoms with Gasteiger partial charge in [0, 0.05) is 6.54 Å². The van der Waals surface area contributed by atoms with Crippen LogP contribution in [0, 0.1) is 0 Å². The van der Waals surface area contributed by atoms with Crippen LogP contribution in [0.15, 0.2) is 11.1 Å². The predicted octanol–water partition coefficient (Wildman–Crippen LogP) is 0.806. The molecule has 2 aromatic rings. The van der Waals surface area contributed by atoms with Gasteiger partial charge in [0.25, 0.3) is 5.56 Å². The van der Waals surface area contributed by atoms with Crippen molar-refractivity contribution < 1.29 is 0 Å². The van der Waals surface area contributed by atoms with Gasteiger partial charge >= 0.3 is 0 Å². The van der Waals surface area contributed by atoms with E-state index in [-0.39, 0.29) is 5.56 Å². The van der Waals surface area contributed by atoms with Crippen LogP contribution in [-0.2, 0) is 6.42 Å². The third-order valence-electron chi connectivity index (χ3n) is 2.46. The highest BCUT2D eigenvalue weighted by molar-refractivity contribution is 7.81. The van der Waals surface area contributed by atoms with E-state index in [1.54, 1.807) is 0 Å². The van der Waals surface area contributed by atoms with Gasteiger partial charge in [0.2, 0.25) is 0 Å². The van der Waals surface area contributed by atoms with Crippen LogP contribution in [0.3, 0.4) is 0 Å². The van der Waals surface area contributed by atoms with Crippen molar-refractivity contribution in [1.29, 1.82) is 0 Å². The molecule has 0 atom stereocenters. The average Bonchev–Trinajstić information content (AvgIpc) is 2.59. The van der Waals surface area contributed by atoms with Crippen molar-refractivity contribution in [1.82, 2.24) is 15.3 Å². The fourth-order valence-corrected chi connectivity index (χ4v) is 3.26. The summed E-state index contributed by atoms with van der Waals surface area (Å²) in [5, 5.41) is 3.83. The topological polar surface area (TPSA) is 57.8 Å². The quantitative estimate of drug-likeness (QED) is 0.666. The number of fused-ring (bicyclic) bond motifs is 3. The zero-order valence-electron chi connectivity index (χ0n) is 7.66. The van der Waals surface area contributed by atoms with E-state index in [0.717, 1.165) is 33.2 Å². The highest BCUT2D eigenvalue weighted by Crippen LogP contribution is 2.29. The van der Waals surface area contributed by atoms with Gasteiger partial charge in [-0.15, -0.1) is 11.3 Å². The van der Waals surface area contributed by atoms with E-state index in [1.165, 1.54) is 17.7 Å². The summed E-state index contributed by atoms with van der Waals surface area (Å²) in [6.07, 6.45) is 2.27. The smallest absolute Gasteiger partial charge is 0.259 e. The van der Waals surface area contributed by atoms with Gasteiger partial charge in [0.1, 0.15) is 9.82 Å². The van der Waals surface area contributed by atoms with Crippen LogP contribution in [0.5, 0.6) is 0 Å². The molecular weight excluding hydrogens is 230 g/mol. The first-order valence-corrected chi connectivity index (χ1v) is 5.77. The lowest BCUT2D eigenvalue weighted by molar-refractivity contribution is 0.859. The summed E-state index contributed by atoms with van der Waals surface area (Å²) in [7, 11) is 0. The Kier molecular flexibility index (Phi) is 1.86. The highest BCUT2D eigenvalue weighted by Gasteiger charge is 2.21. The van der Waals surface area contributed by atoms with Crippen LogP contribution in [0.25, 0.3) is 10.2 Å². The lowest BCUT2D eigenvalue weighted by Gasteiger charge is -2.13. The van der Waals surface area contributed by atoms with Crippen LogP contribution >= 0.6 is 23.6 Å². The molecule has 0 unspecified atom stereocenters. The van der Waals surface area contributed by atoms with Gasteiger partial charge in [-0.05, 0) is 12.0 Å². The second-order valence-corrected chi connectivity index (χ2v) is 4.73. The van der Waals surface area contributed by atoms with Crippen molar-refractivity contribution in [2.45, 2.75) is 6.42 Å². The van der Waals surface area contributed by atoms with Crippen LogP contribution < -0.4 is 10.9 Å². The third kappa shape index (κ3) is 1.22. The summed E-state index contributed by atoms with van der Waals surface area (Å²) in [6, 6.07) is 0. The zero-order valence-corrected chi connectivity index (χ0v) is 9.30. The van der Waals surface area contributed by atoms with E-state index < -0.39 is 0 Å². The van der Waals surface area contributed by atoms with Crippen LogP contribution in [0.1, 0.15) is 10.4 Å². The summed E-state index contributed by atoms with van der Waals surface area (Å²) in [5.74, 6) is 0. The minimum atomic E-state index is -0.0674. The van der Waals surface area contributed by atoms with E-state index in [0.29, 0.717) is 5.39 Å². The molecule has 3 rings (SSSR count). The van der Waals surface area contributed by atoms with Crippen molar-refractivity contribution >= 4 is 38.8 Å². The highest BCUT2D eigenvalue weighted by atomic mass is 32.1. The van der Waals surface area contributed by atoms with Gasteiger partial charge in [-0.25, -0.2) is 4.98 Å². The minimum Gasteiger partial charge on any atom is -0.375 e. The van der Waals surface area contributed by atoms with Crippen molar-refractivity contribution in [2.24, 2.45) is 0 Å². The van der Waals surface area contributed by atoms with Crippen molar-refractivity contribution in [3.8, 4) is 0 Å². The molecule has 1 aliphatic heterocycles. The second kappa shape index (κ2) is 3.11. The number of nitrogens with one attached hydrogen (secondary N) is 2. The Hall–Kier alpha value is -1.27. The van der Waals surface area contributed by atoms with Crippen LogP contribution in [-0.4, -0.2) is 21.5 Å². The second-order valence-electron chi connectivity index (χ2n) is 3.33.